The molecule has 3 aromatic rings. The molecule has 0 radical (unpaired) electrons. The Labute approximate surface area is 137 Å². The molecule has 21 heavy (non-hydrogen) atoms. The number of halogens is 2. The van der Waals surface area contributed by atoms with Gasteiger partial charge in [0.2, 0.25) is 0 Å². The van der Waals surface area contributed by atoms with Crippen LogP contribution in [-0.2, 0) is 0 Å². The smallest absolute Gasteiger partial charge is 0.0476 e. The van der Waals surface area contributed by atoms with Crippen LogP contribution in [0.4, 0.5) is 17.1 Å². The van der Waals surface area contributed by atoms with Crippen LogP contribution in [0.5, 0.6) is 0 Å². The van der Waals surface area contributed by atoms with Gasteiger partial charge in [0.15, 0.2) is 0 Å². The van der Waals surface area contributed by atoms with Gasteiger partial charge >= 0.3 is 0 Å². The first-order valence-corrected chi connectivity index (χ1v) is 7.77. The second kappa shape index (κ2) is 6.33. The molecule has 0 aliphatic heterocycles. The fourth-order valence-electron chi connectivity index (χ4n) is 2.25. The predicted molar refractivity (Wildman–Crippen MR) is 93.8 cm³/mol. The van der Waals surface area contributed by atoms with Crippen molar-refractivity contribution < 1.29 is 0 Å². The van der Waals surface area contributed by atoms with Crippen molar-refractivity contribution in [3.63, 3.8) is 0 Å². The maximum absolute atomic E-state index is 6.16. The second-order valence-electron chi connectivity index (χ2n) is 4.63. The van der Waals surface area contributed by atoms with Crippen LogP contribution in [0.15, 0.2) is 83.3 Å². The van der Waals surface area contributed by atoms with E-state index < -0.39 is 0 Å². The van der Waals surface area contributed by atoms with Gasteiger partial charge in [-0.1, -0.05) is 57.9 Å². The van der Waals surface area contributed by atoms with Gasteiger partial charge < -0.3 is 4.90 Å². The van der Waals surface area contributed by atoms with Crippen LogP contribution < -0.4 is 4.90 Å². The minimum atomic E-state index is 0.725. The van der Waals surface area contributed by atoms with E-state index in [1.807, 2.05) is 48.5 Å². The summed E-state index contributed by atoms with van der Waals surface area (Å²) in [7, 11) is 0. The molecule has 104 valence electrons. The van der Waals surface area contributed by atoms with E-state index in [4.69, 9.17) is 11.6 Å². The molecule has 0 saturated carbocycles. The van der Waals surface area contributed by atoms with Crippen LogP contribution in [0.2, 0.25) is 5.02 Å². The van der Waals surface area contributed by atoms with Gasteiger partial charge in [-0.05, 0) is 48.5 Å². The maximum atomic E-state index is 6.16. The monoisotopic (exact) mass is 357 g/mol. The van der Waals surface area contributed by atoms with Gasteiger partial charge in [0.05, 0.1) is 0 Å². The largest absolute Gasteiger partial charge is 0.310 e. The second-order valence-corrected chi connectivity index (χ2v) is 5.98. The maximum Gasteiger partial charge on any atom is 0.0476 e. The van der Waals surface area contributed by atoms with E-state index in [1.165, 1.54) is 0 Å². The van der Waals surface area contributed by atoms with E-state index in [0.29, 0.717) is 0 Å². The zero-order valence-corrected chi connectivity index (χ0v) is 13.6. The summed E-state index contributed by atoms with van der Waals surface area (Å²) in [6, 6.07) is 26.3. The Morgan fingerprint density at radius 3 is 1.95 bits per heavy atom. The van der Waals surface area contributed by atoms with Crippen molar-refractivity contribution in [2.24, 2.45) is 0 Å². The van der Waals surface area contributed by atoms with Crippen molar-refractivity contribution >= 4 is 44.6 Å². The molecule has 0 aromatic heterocycles. The summed E-state index contributed by atoms with van der Waals surface area (Å²) in [4.78, 5) is 2.18. The number of nitrogens with zero attached hydrogens (tertiary/aromatic N) is 1. The predicted octanol–water partition coefficient (Wildman–Crippen LogP) is 6.57. The van der Waals surface area contributed by atoms with E-state index in [2.05, 4.69) is 51.2 Å². The Morgan fingerprint density at radius 1 is 0.667 bits per heavy atom. The van der Waals surface area contributed by atoms with Crippen LogP contribution >= 0.6 is 27.5 Å². The summed E-state index contributed by atoms with van der Waals surface area (Å²) in [5.74, 6) is 0. The molecule has 0 aliphatic carbocycles. The summed E-state index contributed by atoms with van der Waals surface area (Å²) >= 11 is 9.70. The third kappa shape index (κ3) is 3.29. The summed E-state index contributed by atoms with van der Waals surface area (Å²) in [5, 5.41) is 0.725. The van der Waals surface area contributed by atoms with Gasteiger partial charge in [0.1, 0.15) is 0 Å². The molecule has 0 saturated heterocycles. The van der Waals surface area contributed by atoms with Gasteiger partial charge in [-0.15, -0.1) is 0 Å². The van der Waals surface area contributed by atoms with Gasteiger partial charge in [0.25, 0.3) is 0 Å². The van der Waals surface area contributed by atoms with Gasteiger partial charge in [0, 0.05) is 26.6 Å². The summed E-state index contributed by atoms with van der Waals surface area (Å²) in [6.07, 6.45) is 0. The van der Waals surface area contributed by atoms with Gasteiger partial charge in [-0.3, -0.25) is 0 Å². The number of hydrogen-bond donors (Lipinski definition) is 0. The van der Waals surface area contributed by atoms with Gasteiger partial charge in [-0.25, -0.2) is 0 Å². The van der Waals surface area contributed by atoms with Crippen molar-refractivity contribution in [1.29, 1.82) is 0 Å². The summed E-state index contributed by atoms with van der Waals surface area (Å²) < 4.78 is 1.04. The Kier molecular flexibility index (Phi) is 4.28. The third-order valence-corrected chi connectivity index (χ3v) is 3.88. The summed E-state index contributed by atoms with van der Waals surface area (Å²) in [5.41, 5.74) is 3.21. The number of para-hydroxylation sites is 1. The first-order chi connectivity index (χ1) is 10.2. The Morgan fingerprint density at radius 2 is 1.29 bits per heavy atom. The zero-order chi connectivity index (χ0) is 14.7. The van der Waals surface area contributed by atoms with Crippen LogP contribution in [0.1, 0.15) is 0 Å². The highest BCUT2D eigenvalue weighted by molar-refractivity contribution is 9.10. The molecular formula is C18H13BrClN. The van der Waals surface area contributed by atoms with Crippen LogP contribution in [-0.4, -0.2) is 0 Å². The van der Waals surface area contributed by atoms with E-state index in [1.54, 1.807) is 0 Å². The Bertz CT molecular complexity index is 697. The lowest BCUT2D eigenvalue weighted by atomic mass is 10.2. The average molecular weight is 359 g/mol. The van der Waals surface area contributed by atoms with Crippen molar-refractivity contribution in [3.8, 4) is 0 Å². The van der Waals surface area contributed by atoms with Gasteiger partial charge in [-0.2, -0.15) is 0 Å². The standard InChI is InChI=1S/C18H13BrClN/c19-14-6-4-10-17(12-14)21(16-8-2-1-3-9-16)18-11-5-7-15(20)13-18/h1-13H. The van der Waals surface area contributed by atoms with E-state index in [9.17, 15) is 0 Å². The summed E-state index contributed by atoms with van der Waals surface area (Å²) in [6.45, 7) is 0. The number of rotatable bonds is 3. The van der Waals surface area contributed by atoms with E-state index >= 15 is 0 Å². The lowest BCUT2D eigenvalue weighted by Crippen LogP contribution is -2.09. The van der Waals surface area contributed by atoms with Crippen LogP contribution in [0.25, 0.3) is 0 Å². The highest BCUT2D eigenvalue weighted by atomic mass is 79.9. The highest BCUT2D eigenvalue weighted by Gasteiger charge is 2.12. The molecule has 0 N–H and O–H groups in total. The first kappa shape index (κ1) is 14.2. The minimum Gasteiger partial charge on any atom is -0.310 e. The highest BCUT2D eigenvalue weighted by Crippen LogP contribution is 2.36. The molecule has 0 heterocycles. The number of anilines is 3. The SMILES string of the molecule is Clc1cccc(N(c2ccccc2)c2cccc(Br)c2)c1. The molecule has 0 atom stereocenters. The molecule has 0 unspecified atom stereocenters. The fraction of sp³-hybridized carbons (Fsp3) is 0. The Balaban J connectivity index is 2.16. The molecule has 0 spiro atoms. The van der Waals surface area contributed by atoms with Crippen LogP contribution in [0, 0.1) is 0 Å². The number of benzene rings is 3. The zero-order valence-electron chi connectivity index (χ0n) is 11.2. The fourth-order valence-corrected chi connectivity index (χ4v) is 2.83. The molecule has 1 nitrogen and oxygen atoms in total. The molecule has 0 fully saturated rings. The normalized spacial score (nSPS) is 10.4. The number of hydrogen-bond acceptors (Lipinski definition) is 1. The van der Waals surface area contributed by atoms with Crippen molar-refractivity contribution in [2.75, 3.05) is 4.90 Å². The molecule has 0 aliphatic rings. The minimum absolute atomic E-state index is 0.725. The molecule has 3 rings (SSSR count). The average Bonchev–Trinajstić information content (AvgIpc) is 2.49. The van der Waals surface area contributed by atoms with E-state index in [-0.39, 0.29) is 0 Å². The van der Waals surface area contributed by atoms with E-state index in [0.717, 1.165) is 26.6 Å². The molecule has 3 heteroatoms. The quantitative estimate of drug-likeness (QED) is 0.511. The van der Waals surface area contributed by atoms with Crippen molar-refractivity contribution in [2.45, 2.75) is 0 Å². The third-order valence-electron chi connectivity index (χ3n) is 3.15. The lowest BCUT2D eigenvalue weighted by molar-refractivity contribution is 1.28. The van der Waals surface area contributed by atoms with Crippen molar-refractivity contribution in [1.82, 2.24) is 0 Å². The lowest BCUT2D eigenvalue weighted by Gasteiger charge is -2.25. The molecule has 0 amide bonds. The molecule has 3 aromatic carbocycles. The molecule has 0 bridgehead atoms. The van der Waals surface area contributed by atoms with Crippen molar-refractivity contribution in [3.05, 3.63) is 88.4 Å². The first-order valence-electron chi connectivity index (χ1n) is 6.60. The Hall–Kier alpha value is -1.77. The molecular weight excluding hydrogens is 346 g/mol. The topological polar surface area (TPSA) is 3.24 Å². The van der Waals surface area contributed by atoms with Crippen LogP contribution in [0.3, 0.4) is 0 Å².